The molecular weight excluding hydrogens is 386 g/mol. The maximum Gasteiger partial charge on any atom is 0.262 e. The van der Waals surface area contributed by atoms with Crippen LogP contribution in [0.2, 0.25) is 0 Å². The Bertz CT molecular complexity index is 1000. The molecule has 9 nitrogen and oxygen atoms in total. The lowest BCUT2D eigenvalue weighted by Gasteiger charge is -2.14. The van der Waals surface area contributed by atoms with Crippen molar-refractivity contribution < 1.29 is 27.5 Å². The summed E-state index contributed by atoms with van der Waals surface area (Å²) in [7, 11) is 1.57. The van der Waals surface area contributed by atoms with Crippen LogP contribution in [0.5, 0.6) is 11.5 Å². The van der Waals surface area contributed by atoms with Crippen LogP contribution in [0.4, 0.5) is 5.69 Å². The van der Waals surface area contributed by atoms with Gasteiger partial charge < -0.3 is 20.1 Å². The molecule has 0 radical (unpaired) electrons. The molecule has 2 aromatic carbocycles. The lowest BCUT2D eigenvalue weighted by Crippen LogP contribution is -2.21. The fraction of sp³-hybridized carbons (Fsp3) is 0.222. The van der Waals surface area contributed by atoms with Gasteiger partial charge in [-0.1, -0.05) is 0 Å². The Kier molecular flexibility index (Phi) is 6.47. The van der Waals surface area contributed by atoms with Crippen molar-refractivity contribution in [3.63, 3.8) is 0 Å². The van der Waals surface area contributed by atoms with Gasteiger partial charge in [0, 0.05) is 19.7 Å². The van der Waals surface area contributed by atoms with Gasteiger partial charge in [-0.15, -0.1) is 0 Å². The van der Waals surface area contributed by atoms with Gasteiger partial charge in [-0.25, -0.2) is 8.42 Å². The van der Waals surface area contributed by atoms with E-state index in [1.54, 1.807) is 0 Å². The minimum atomic E-state index is -4.08. The van der Waals surface area contributed by atoms with Gasteiger partial charge in [0.2, 0.25) is 0 Å². The molecule has 150 valence electrons. The van der Waals surface area contributed by atoms with Crippen molar-refractivity contribution in [1.82, 2.24) is 10.6 Å². The minimum Gasteiger partial charge on any atom is -0.496 e. The molecule has 0 fully saturated rings. The Labute approximate surface area is 163 Å². The minimum absolute atomic E-state index is 0.0685. The van der Waals surface area contributed by atoms with Gasteiger partial charge >= 0.3 is 0 Å². The van der Waals surface area contributed by atoms with Crippen molar-refractivity contribution in [3.8, 4) is 11.5 Å². The molecule has 2 rings (SSSR count). The summed E-state index contributed by atoms with van der Waals surface area (Å²) in [5.41, 5.74) is 0.404. The summed E-state index contributed by atoms with van der Waals surface area (Å²) in [5, 5.41) is 4.89. The van der Waals surface area contributed by atoms with Crippen molar-refractivity contribution >= 4 is 27.5 Å². The second-order valence-corrected chi connectivity index (χ2v) is 7.22. The van der Waals surface area contributed by atoms with Crippen LogP contribution in [0.1, 0.15) is 20.7 Å². The number of hydrogen-bond donors (Lipinski definition) is 3. The zero-order chi connectivity index (χ0) is 20.9. The van der Waals surface area contributed by atoms with Crippen molar-refractivity contribution in [3.05, 3.63) is 47.5 Å². The molecule has 0 aromatic heterocycles. The van der Waals surface area contributed by atoms with Gasteiger partial charge in [-0.05, 0) is 36.4 Å². The zero-order valence-electron chi connectivity index (χ0n) is 15.8. The normalized spacial score (nSPS) is 10.7. The summed E-state index contributed by atoms with van der Waals surface area (Å²) in [6, 6.07) is 8.24. The van der Waals surface area contributed by atoms with Crippen LogP contribution in [0.15, 0.2) is 41.3 Å². The second kappa shape index (κ2) is 8.61. The molecule has 0 saturated heterocycles. The number of hydrogen-bond acceptors (Lipinski definition) is 6. The van der Waals surface area contributed by atoms with Crippen LogP contribution >= 0.6 is 0 Å². The first kappa shape index (κ1) is 21.0. The zero-order valence-corrected chi connectivity index (χ0v) is 16.6. The average molecular weight is 407 g/mol. The highest BCUT2D eigenvalue weighted by atomic mass is 32.2. The van der Waals surface area contributed by atoms with Crippen molar-refractivity contribution in [2.75, 3.05) is 33.0 Å². The number of benzene rings is 2. The monoisotopic (exact) mass is 407 g/mol. The van der Waals surface area contributed by atoms with Crippen molar-refractivity contribution in [2.24, 2.45) is 0 Å². The Hall–Kier alpha value is -3.27. The highest BCUT2D eigenvalue weighted by Crippen LogP contribution is 2.29. The smallest absolute Gasteiger partial charge is 0.262 e. The molecule has 0 atom stereocenters. The van der Waals surface area contributed by atoms with E-state index >= 15 is 0 Å². The Morgan fingerprint density at radius 1 is 0.857 bits per heavy atom. The third-order valence-electron chi connectivity index (χ3n) is 3.89. The molecule has 0 unspecified atom stereocenters. The summed E-state index contributed by atoms with van der Waals surface area (Å²) in [6.07, 6.45) is 0. The van der Waals surface area contributed by atoms with Gasteiger partial charge in [0.15, 0.2) is 0 Å². The molecule has 0 bridgehead atoms. The first-order valence-corrected chi connectivity index (χ1v) is 9.58. The van der Waals surface area contributed by atoms with E-state index in [1.807, 2.05) is 0 Å². The first-order valence-electron chi connectivity index (χ1n) is 8.10. The largest absolute Gasteiger partial charge is 0.496 e. The molecule has 28 heavy (non-hydrogen) atoms. The van der Waals surface area contributed by atoms with E-state index in [9.17, 15) is 18.0 Å². The van der Waals surface area contributed by atoms with Crippen LogP contribution in [0, 0.1) is 0 Å². The number of anilines is 1. The fourth-order valence-electron chi connectivity index (χ4n) is 2.44. The second-order valence-electron chi connectivity index (χ2n) is 5.54. The molecule has 0 aliphatic rings. The number of sulfonamides is 1. The summed E-state index contributed by atoms with van der Waals surface area (Å²) in [6.45, 7) is 0. The van der Waals surface area contributed by atoms with Crippen molar-refractivity contribution in [1.29, 1.82) is 0 Å². The molecule has 2 amide bonds. The summed E-state index contributed by atoms with van der Waals surface area (Å²) < 4.78 is 38.3. The molecule has 0 heterocycles. The molecule has 10 heteroatoms. The van der Waals surface area contributed by atoms with Crippen molar-refractivity contribution in [2.45, 2.75) is 4.90 Å². The predicted octanol–water partition coefficient (Wildman–Crippen LogP) is 1.22. The summed E-state index contributed by atoms with van der Waals surface area (Å²) in [5.74, 6) is -0.406. The Morgan fingerprint density at radius 3 is 2.04 bits per heavy atom. The van der Waals surface area contributed by atoms with Crippen LogP contribution in [-0.4, -0.2) is 48.5 Å². The average Bonchev–Trinajstić information content (AvgIpc) is 2.71. The Morgan fingerprint density at radius 2 is 1.46 bits per heavy atom. The quantitative estimate of drug-likeness (QED) is 0.634. The topological polar surface area (TPSA) is 123 Å². The molecule has 0 saturated carbocycles. The third-order valence-corrected chi connectivity index (χ3v) is 5.25. The molecule has 0 spiro atoms. The standard InChI is InChI=1S/C18H21N3O6S/c1-19-17(22)11-5-7-16(27-4)14(9-11)21-28(24,25)12-6-8-15(26-3)13(10-12)18(23)20-2/h5-10,21H,1-4H3,(H,19,22)(H,20,23). The molecule has 0 aliphatic heterocycles. The number of carbonyl (C=O) groups is 2. The number of nitrogens with one attached hydrogen (secondary N) is 3. The maximum atomic E-state index is 12.8. The number of methoxy groups -OCH3 is 2. The van der Waals surface area contributed by atoms with Gasteiger partial charge in [-0.3, -0.25) is 14.3 Å². The molecular formula is C18H21N3O6S. The van der Waals surface area contributed by atoms with Crippen LogP contribution < -0.4 is 24.8 Å². The predicted molar refractivity (Wildman–Crippen MR) is 104 cm³/mol. The van der Waals surface area contributed by atoms with Gasteiger partial charge in [0.1, 0.15) is 11.5 Å². The maximum absolute atomic E-state index is 12.8. The highest BCUT2D eigenvalue weighted by Gasteiger charge is 2.21. The van der Waals surface area contributed by atoms with Gasteiger partial charge in [0.05, 0.1) is 30.4 Å². The van der Waals surface area contributed by atoms with Crippen LogP contribution in [-0.2, 0) is 10.0 Å². The first-order chi connectivity index (χ1) is 13.3. The van der Waals surface area contributed by atoms with E-state index < -0.39 is 15.9 Å². The van der Waals surface area contributed by atoms with E-state index in [0.717, 1.165) is 0 Å². The lowest BCUT2D eigenvalue weighted by molar-refractivity contribution is 0.0953. The SMILES string of the molecule is CNC(=O)c1ccc(OC)c(NS(=O)(=O)c2ccc(OC)c(C(=O)NC)c2)c1. The van der Waals surface area contributed by atoms with Gasteiger partial charge in [0.25, 0.3) is 21.8 Å². The summed E-state index contributed by atoms with van der Waals surface area (Å²) >= 11 is 0. The number of carbonyl (C=O) groups excluding carboxylic acids is 2. The van der Waals surface area contributed by atoms with E-state index in [1.165, 1.54) is 64.7 Å². The van der Waals surface area contributed by atoms with Crippen LogP contribution in [0.25, 0.3) is 0 Å². The summed E-state index contributed by atoms with van der Waals surface area (Å²) in [4.78, 5) is 23.7. The van der Waals surface area contributed by atoms with Gasteiger partial charge in [-0.2, -0.15) is 0 Å². The van der Waals surface area contributed by atoms with E-state index in [-0.39, 0.29) is 39.1 Å². The highest BCUT2D eigenvalue weighted by molar-refractivity contribution is 7.92. The van der Waals surface area contributed by atoms with E-state index in [4.69, 9.17) is 9.47 Å². The van der Waals surface area contributed by atoms with E-state index in [2.05, 4.69) is 15.4 Å². The Balaban J connectivity index is 2.49. The number of rotatable bonds is 7. The molecule has 2 aromatic rings. The number of ether oxygens (including phenoxy) is 2. The number of amides is 2. The third kappa shape index (κ3) is 4.34. The molecule has 3 N–H and O–H groups in total. The van der Waals surface area contributed by atoms with Crippen LogP contribution in [0.3, 0.4) is 0 Å². The fourth-order valence-corrected chi connectivity index (χ4v) is 3.53. The molecule has 0 aliphatic carbocycles. The van der Waals surface area contributed by atoms with E-state index in [0.29, 0.717) is 0 Å². The lowest BCUT2D eigenvalue weighted by atomic mass is 10.2.